The maximum absolute atomic E-state index is 12.1. The minimum absolute atomic E-state index is 0.249. The van der Waals surface area contributed by atoms with Gasteiger partial charge in [0.2, 0.25) is 0 Å². The highest BCUT2D eigenvalue weighted by atomic mass is 32.2. The summed E-state index contributed by atoms with van der Waals surface area (Å²) in [6.07, 6.45) is 20.9. The van der Waals surface area contributed by atoms with Gasteiger partial charge in [-0.3, -0.25) is 4.18 Å². The fourth-order valence-corrected chi connectivity index (χ4v) is 4.94. The molecule has 0 aliphatic rings. The Balaban J connectivity index is 1.83. The van der Waals surface area contributed by atoms with Crippen molar-refractivity contribution in [2.45, 2.75) is 135 Å². The van der Waals surface area contributed by atoms with E-state index in [1.54, 1.807) is 24.3 Å². The molecule has 0 N–H and O–H groups in total. The summed E-state index contributed by atoms with van der Waals surface area (Å²) in [5.41, 5.74) is 1.54. The zero-order valence-electron chi connectivity index (χ0n) is 21.5. The van der Waals surface area contributed by atoms with Crippen molar-refractivity contribution >= 4 is 10.1 Å². The van der Waals surface area contributed by atoms with Crippen molar-refractivity contribution in [3.05, 3.63) is 29.8 Å². The predicted molar refractivity (Wildman–Crippen MR) is 138 cm³/mol. The molecule has 0 saturated heterocycles. The normalized spacial score (nSPS) is 12.4. The van der Waals surface area contributed by atoms with Gasteiger partial charge in [-0.15, -0.1) is 0 Å². The first-order valence-electron chi connectivity index (χ1n) is 13.2. The standard InChI is InChI=1S/C28H50O3S/c1-26-20-22-27(23-21-26)32(29,30)31-25-19-17-15-13-11-9-7-5-6-8-10-12-14-16-18-24-28(2,3)4/h20-23H,5-19,24-25H2,1-4H3. The van der Waals surface area contributed by atoms with E-state index in [4.69, 9.17) is 4.18 Å². The fourth-order valence-electron chi connectivity index (χ4n) is 4.00. The van der Waals surface area contributed by atoms with Crippen molar-refractivity contribution in [2.24, 2.45) is 5.41 Å². The Morgan fingerprint density at radius 2 is 1.00 bits per heavy atom. The lowest BCUT2D eigenvalue weighted by Crippen LogP contribution is -2.07. The summed E-state index contributed by atoms with van der Waals surface area (Å²) in [4.78, 5) is 0.249. The molecule has 0 aliphatic heterocycles. The van der Waals surface area contributed by atoms with Gasteiger partial charge in [-0.05, 0) is 37.3 Å². The van der Waals surface area contributed by atoms with Gasteiger partial charge in [0.25, 0.3) is 10.1 Å². The van der Waals surface area contributed by atoms with Crippen molar-refractivity contribution in [3.63, 3.8) is 0 Å². The molecule has 0 aliphatic carbocycles. The molecule has 32 heavy (non-hydrogen) atoms. The first-order valence-corrected chi connectivity index (χ1v) is 14.6. The summed E-state index contributed by atoms with van der Waals surface area (Å²) in [5.74, 6) is 0. The van der Waals surface area contributed by atoms with E-state index in [0.29, 0.717) is 5.41 Å². The van der Waals surface area contributed by atoms with Gasteiger partial charge >= 0.3 is 0 Å². The van der Waals surface area contributed by atoms with Crippen LogP contribution in [0.5, 0.6) is 0 Å². The number of aryl methyl sites for hydroxylation is 1. The molecule has 0 fully saturated rings. The van der Waals surface area contributed by atoms with Crippen LogP contribution in [0.4, 0.5) is 0 Å². The first kappa shape index (κ1) is 29.2. The summed E-state index contributed by atoms with van der Waals surface area (Å²) < 4.78 is 29.4. The lowest BCUT2D eigenvalue weighted by atomic mass is 9.89. The highest BCUT2D eigenvalue weighted by Crippen LogP contribution is 2.23. The van der Waals surface area contributed by atoms with Gasteiger partial charge in [0.05, 0.1) is 11.5 Å². The highest BCUT2D eigenvalue weighted by molar-refractivity contribution is 7.86. The van der Waals surface area contributed by atoms with Crippen LogP contribution in [0.25, 0.3) is 0 Å². The summed E-state index contributed by atoms with van der Waals surface area (Å²) in [5, 5.41) is 0. The lowest BCUT2D eigenvalue weighted by Gasteiger charge is -2.17. The van der Waals surface area contributed by atoms with Gasteiger partial charge in [-0.25, -0.2) is 0 Å². The van der Waals surface area contributed by atoms with E-state index >= 15 is 0 Å². The van der Waals surface area contributed by atoms with Crippen LogP contribution in [0, 0.1) is 12.3 Å². The van der Waals surface area contributed by atoms with E-state index in [2.05, 4.69) is 20.8 Å². The van der Waals surface area contributed by atoms with E-state index < -0.39 is 10.1 Å². The van der Waals surface area contributed by atoms with Gasteiger partial charge in [0.1, 0.15) is 0 Å². The third kappa shape index (κ3) is 15.9. The SMILES string of the molecule is Cc1ccc(S(=O)(=O)OCCCCCCCCCCCCCCCCCC(C)(C)C)cc1. The first-order chi connectivity index (χ1) is 15.2. The molecule has 0 spiro atoms. The molecule has 1 aromatic carbocycles. The van der Waals surface area contributed by atoms with Crippen molar-refractivity contribution < 1.29 is 12.6 Å². The van der Waals surface area contributed by atoms with Crippen LogP contribution in [0.2, 0.25) is 0 Å². The fraction of sp³-hybridized carbons (Fsp3) is 0.786. The van der Waals surface area contributed by atoms with Crippen LogP contribution >= 0.6 is 0 Å². The van der Waals surface area contributed by atoms with Gasteiger partial charge in [-0.1, -0.05) is 128 Å². The Kier molecular flexibility index (Phi) is 15.2. The molecule has 0 bridgehead atoms. The monoisotopic (exact) mass is 466 g/mol. The summed E-state index contributed by atoms with van der Waals surface area (Å²) >= 11 is 0. The van der Waals surface area contributed by atoms with Crippen molar-refractivity contribution in [1.82, 2.24) is 0 Å². The quantitative estimate of drug-likeness (QED) is 0.151. The van der Waals surface area contributed by atoms with Crippen molar-refractivity contribution in [2.75, 3.05) is 6.61 Å². The molecule has 0 heterocycles. The second kappa shape index (κ2) is 16.7. The van der Waals surface area contributed by atoms with Crippen LogP contribution in [0.3, 0.4) is 0 Å². The highest BCUT2D eigenvalue weighted by Gasteiger charge is 2.14. The van der Waals surface area contributed by atoms with E-state index in [1.807, 2.05) is 6.92 Å². The molecule has 186 valence electrons. The molecule has 0 radical (unpaired) electrons. The molecule has 1 rings (SSSR count). The lowest BCUT2D eigenvalue weighted by molar-refractivity contribution is 0.306. The summed E-state index contributed by atoms with van der Waals surface area (Å²) in [6.45, 7) is 9.24. The second-order valence-corrected chi connectivity index (χ2v) is 12.3. The van der Waals surface area contributed by atoms with Crippen LogP contribution in [0.1, 0.15) is 129 Å². The van der Waals surface area contributed by atoms with E-state index in [-0.39, 0.29) is 11.5 Å². The van der Waals surface area contributed by atoms with Gasteiger partial charge < -0.3 is 0 Å². The minimum atomic E-state index is -3.60. The van der Waals surface area contributed by atoms with Gasteiger partial charge in [0.15, 0.2) is 0 Å². The Hall–Kier alpha value is -0.870. The Labute approximate surface area is 199 Å². The molecule has 4 heteroatoms. The van der Waals surface area contributed by atoms with Crippen LogP contribution in [0.15, 0.2) is 29.2 Å². The van der Waals surface area contributed by atoms with Crippen molar-refractivity contribution in [3.8, 4) is 0 Å². The molecule has 0 aromatic heterocycles. The molecular weight excluding hydrogens is 416 g/mol. The number of unbranched alkanes of at least 4 members (excludes halogenated alkanes) is 14. The van der Waals surface area contributed by atoms with E-state index in [0.717, 1.165) is 18.4 Å². The average Bonchev–Trinajstić information content (AvgIpc) is 2.72. The molecule has 0 unspecified atom stereocenters. The smallest absolute Gasteiger partial charge is 0.266 e. The average molecular weight is 467 g/mol. The molecule has 0 saturated carbocycles. The number of rotatable bonds is 19. The van der Waals surface area contributed by atoms with Crippen LogP contribution < -0.4 is 0 Å². The summed E-state index contributed by atoms with van der Waals surface area (Å²) in [6, 6.07) is 6.82. The zero-order chi connectivity index (χ0) is 23.7. The van der Waals surface area contributed by atoms with Crippen LogP contribution in [-0.2, 0) is 14.3 Å². The summed E-state index contributed by atoms with van der Waals surface area (Å²) in [7, 11) is -3.60. The Morgan fingerprint density at radius 3 is 1.41 bits per heavy atom. The molecule has 0 amide bonds. The third-order valence-corrected chi connectivity index (χ3v) is 7.45. The Morgan fingerprint density at radius 1 is 0.625 bits per heavy atom. The van der Waals surface area contributed by atoms with E-state index in [1.165, 1.54) is 89.9 Å². The maximum atomic E-state index is 12.1. The predicted octanol–water partition coefficient (Wildman–Crippen LogP) is 8.99. The van der Waals surface area contributed by atoms with Crippen molar-refractivity contribution in [1.29, 1.82) is 0 Å². The number of hydrogen-bond acceptors (Lipinski definition) is 3. The third-order valence-electron chi connectivity index (χ3n) is 6.12. The van der Waals surface area contributed by atoms with Gasteiger partial charge in [0, 0.05) is 0 Å². The largest absolute Gasteiger partial charge is 0.296 e. The second-order valence-electron chi connectivity index (χ2n) is 10.7. The molecule has 1 aromatic rings. The number of benzene rings is 1. The van der Waals surface area contributed by atoms with Crippen LogP contribution in [-0.4, -0.2) is 15.0 Å². The maximum Gasteiger partial charge on any atom is 0.296 e. The van der Waals surface area contributed by atoms with E-state index in [9.17, 15) is 8.42 Å². The minimum Gasteiger partial charge on any atom is -0.266 e. The zero-order valence-corrected chi connectivity index (χ0v) is 22.3. The Bertz CT molecular complexity index is 672. The molecular formula is C28H50O3S. The topological polar surface area (TPSA) is 43.4 Å². The number of hydrogen-bond donors (Lipinski definition) is 0. The van der Waals surface area contributed by atoms with Gasteiger partial charge in [-0.2, -0.15) is 8.42 Å². The molecule has 3 nitrogen and oxygen atoms in total. The molecule has 0 atom stereocenters.